The van der Waals surface area contributed by atoms with Crippen LogP contribution in [0.4, 0.5) is 0 Å². The summed E-state index contributed by atoms with van der Waals surface area (Å²) in [6, 6.07) is 6.65. The molecule has 1 unspecified atom stereocenters. The highest BCUT2D eigenvalue weighted by molar-refractivity contribution is 9.10. The summed E-state index contributed by atoms with van der Waals surface area (Å²) >= 11 is 3.26. The van der Waals surface area contributed by atoms with E-state index in [-0.39, 0.29) is 4.90 Å². The Labute approximate surface area is 110 Å². The summed E-state index contributed by atoms with van der Waals surface area (Å²) in [5.74, 6) is 0. The van der Waals surface area contributed by atoms with Gasteiger partial charge < -0.3 is 4.74 Å². The summed E-state index contributed by atoms with van der Waals surface area (Å²) < 4.78 is 33.0. The van der Waals surface area contributed by atoms with Gasteiger partial charge in [0.15, 0.2) is 0 Å². The van der Waals surface area contributed by atoms with Gasteiger partial charge in [-0.15, -0.1) is 0 Å². The first-order valence-electron chi connectivity index (χ1n) is 5.29. The van der Waals surface area contributed by atoms with Gasteiger partial charge in [-0.3, -0.25) is 0 Å². The monoisotopic (exact) mass is 319 g/mol. The molecule has 2 rings (SSSR count). The second kappa shape index (κ2) is 4.68. The highest BCUT2D eigenvalue weighted by Crippen LogP contribution is 2.22. The predicted octanol–water partition coefficient (Wildman–Crippen LogP) is 1.91. The molecule has 1 fully saturated rings. The van der Waals surface area contributed by atoms with Crippen molar-refractivity contribution in [2.45, 2.75) is 23.8 Å². The lowest BCUT2D eigenvalue weighted by molar-refractivity contribution is 0.178. The third-order valence-corrected chi connectivity index (χ3v) is 4.84. The van der Waals surface area contributed by atoms with Crippen LogP contribution in [0.5, 0.6) is 0 Å². The minimum atomic E-state index is -3.48. The van der Waals surface area contributed by atoms with E-state index >= 15 is 0 Å². The predicted molar refractivity (Wildman–Crippen MR) is 68.3 cm³/mol. The van der Waals surface area contributed by atoms with Crippen LogP contribution in [-0.2, 0) is 14.8 Å². The molecule has 1 N–H and O–H groups in total. The SMILES string of the molecule is CC1(NS(=O)(=O)c2cccc(Br)c2)CCOC1. The summed E-state index contributed by atoms with van der Waals surface area (Å²) in [4.78, 5) is 0.264. The van der Waals surface area contributed by atoms with Crippen LogP contribution in [0.3, 0.4) is 0 Å². The van der Waals surface area contributed by atoms with Crippen LogP contribution >= 0.6 is 15.9 Å². The standard InChI is InChI=1S/C11H14BrNO3S/c1-11(5-6-16-8-11)13-17(14,15)10-4-2-3-9(12)7-10/h2-4,7,13H,5-6,8H2,1H3. The van der Waals surface area contributed by atoms with Crippen molar-refractivity contribution in [3.63, 3.8) is 0 Å². The van der Waals surface area contributed by atoms with Crippen molar-refractivity contribution < 1.29 is 13.2 Å². The molecule has 1 aromatic carbocycles. The summed E-state index contributed by atoms with van der Waals surface area (Å²) in [5.41, 5.74) is -0.499. The van der Waals surface area contributed by atoms with Gasteiger partial charge >= 0.3 is 0 Å². The summed E-state index contributed by atoms with van der Waals surface area (Å²) in [6.45, 7) is 2.87. The van der Waals surface area contributed by atoms with Gasteiger partial charge in [-0.1, -0.05) is 22.0 Å². The Bertz CT molecular complexity index is 509. The zero-order valence-electron chi connectivity index (χ0n) is 9.44. The third kappa shape index (κ3) is 3.07. The summed E-state index contributed by atoms with van der Waals surface area (Å²) in [5, 5.41) is 0. The highest BCUT2D eigenvalue weighted by Gasteiger charge is 2.34. The number of rotatable bonds is 3. The lowest BCUT2D eigenvalue weighted by atomic mass is 10.0. The first-order valence-corrected chi connectivity index (χ1v) is 7.56. The van der Waals surface area contributed by atoms with Crippen molar-refractivity contribution in [3.8, 4) is 0 Å². The van der Waals surface area contributed by atoms with Crippen LogP contribution in [0.15, 0.2) is 33.6 Å². The molecule has 0 amide bonds. The van der Waals surface area contributed by atoms with E-state index in [0.29, 0.717) is 19.6 Å². The maximum absolute atomic E-state index is 12.2. The lowest BCUT2D eigenvalue weighted by Gasteiger charge is -2.23. The van der Waals surface area contributed by atoms with Gasteiger partial charge in [-0.05, 0) is 31.5 Å². The molecule has 1 aromatic rings. The molecule has 0 bridgehead atoms. The minimum absolute atomic E-state index is 0.264. The van der Waals surface area contributed by atoms with E-state index in [9.17, 15) is 8.42 Å². The molecule has 17 heavy (non-hydrogen) atoms. The fourth-order valence-electron chi connectivity index (χ4n) is 1.76. The van der Waals surface area contributed by atoms with Crippen LogP contribution in [0.2, 0.25) is 0 Å². The van der Waals surface area contributed by atoms with E-state index in [1.807, 2.05) is 6.92 Å². The summed E-state index contributed by atoms with van der Waals surface area (Å²) in [7, 11) is -3.48. The molecule has 1 atom stereocenters. The van der Waals surface area contributed by atoms with Crippen LogP contribution < -0.4 is 4.72 Å². The van der Waals surface area contributed by atoms with E-state index in [4.69, 9.17) is 4.74 Å². The fourth-order valence-corrected chi connectivity index (χ4v) is 3.78. The van der Waals surface area contributed by atoms with Gasteiger partial charge in [0, 0.05) is 11.1 Å². The zero-order valence-corrected chi connectivity index (χ0v) is 11.8. The Morgan fingerprint density at radius 1 is 1.47 bits per heavy atom. The molecule has 4 nitrogen and oxygen atoms in total. The Balaban J connectivity index is 2.25. The first-order chi connectivity index (χ1) is 7.91. The van der Waals surface area contributed by atoms with Crippen molar-refractivity contribution in [2.75, 3.05) is 13.2 Å². The minimum Gasteiger partial charge on any atom is -0.379 e. The molecule has 1 saturated heterocycles. The van der Waals surface area contributed by atoms with E-state index in [1.54, 1.807) is 24.3 Å². The molecule has 94 valence electrons. The van der Waals surface area contributed by atoms with Gasteiger partial charge in [0.2, 0.25) is 10.0 Å². The Hall–Kier alpha value is -0.430. The van der Waals surface area contributed by atoms with Gasteiger partial charge in [0.05, 0.1) is 17.0 Å². The second-order valence-corrected chi connectivity index (χ2v) is 7.02. The van der Waals surface area contributed by atoms with Gasteiger partial charge in [-0.25, -0.2) is 13.1 Å². The number of sulfonamides is 1. The third-order valence-electron chi connectivity index (χ3n) is 2.71. The largest absolute Gasteiger partial charge is 0.379 e. The Morgan fingerprint density at radius 2 is 2.24 bits per heavy atom. The van der Waals surface area contributed by atoms with Crippen LogP contribution in [-0.4, -0.2) is 27.2 Å². The normalized spacial score (nSPS) is 25.1. The average molecular weight is 320 g/mol. The second-order valence-electron chi connectivity index (χ2n) is 4.43. The van der Waals surface area contributed by atoms with E-state index < -0.39 is 15.6 Å². The maximum atomic E-state index is 12.2. The van der Waals surface area contributed by atoms with Crippen molar-refractivity contribution in [3.05, 3.63) is 28.7 Å². The molecule has 0 radical (unpaired) electrons. The number of hydrogen-bond acceptors (Lipinski definition) is 3. The smallest absolute Gasteiger partial charge is 0.241 e. The maximum Gasteiger partial charge on any atom is 0.241 e. The van der Waals surface area contributed by atoms with E-state index in [1.165, 1.54) is 0 Å². The van der Waals surface area contributed by atoms with Gasteiger partial charge in [0.25, 0.3) is 0 Å². The number of halogens is 1. The molecule has 1 heterocycles. The first kappa shape index (κ1) is 13.0. The number of nitrogens with one attached hydrogen (secondary N) is 1. The fraction of sp³-hybridized carbons (Fsp3) is 0.455. The molecule has 1 aliphatic rings. The van der Waals surface area contributed by atoms with E-state index in [0.717, 1.165) is 4.47 Å². The van der Waals surface area contributed by atoms with Crippen LogP contribution in [0, 0.1) is 0 Å². The molecular weight excluding hydrogens is 306 g/mol. The van der Waals surface area contributed by atoms with Crippen molar-refractivity contribution in [1.29, 1.82) is 0 Å². The summed E-state index contributed by atoms with van der Waals surface area (Å²) in [6.07, 6.45) is 0.695. The lowest BCUT2D eigenvalue weighted by Crippen LogP contribution is -2.46. The highest BCUT2D eigenvalue weighted by atomic mass is 79.9. The van der Waals surface area contributed by atoms with Crippen molar-refractivity contribution >= 4 is 26.0 Å². The van der Waals surface area contributed by atoms with E-state index in [2.05, 4.69) is 20.7 Å². The molecule has 0 saturated carbocycles. The average Bonchev–Trinajstić information content (AvgIpc) is 2.64. The number of hydrogen-bond donors (Lipinski definition) is 1. The molecule has 0 aromatic heterocycles. The van der Waals surface area contributed by atoms with Crippen LogP contribution in [0.25, 0.3) is 0 Å². The number of benzene rings is 1. The van der Waals surface area contributed by atoms with Gasteiger partial charge in [0.1, 0.15) is 0 Å². The Morgan fingerprint density at radius 3 is 2.82 bits per heavy atom. The molecule has 0 spiro atoms. The Kier molecular flexibility index (Phi) is 3.58. The topological polar surface area (TPSA) is 55.4 Å². The quantitative estimate of drug-likeness (QED) is 0.925. The van der Waals surface area contributed by atoms with Crippen molar-refractivity contribution in [2.24, 2.45) is 0 Å². The van der Waals surface area contributed by atoms with Crippen LogP contribution in [0.1, 0.15) is 13.3 Å². The zero-order chi connectivity index (χ0) is 12.5. The molecule has 0 aliphatic carbocycles. The molecule has 1 aliphatic heterocycles. The molecule has 6 heteroatoms. The van der Waals surface area contributed by atoms with Gasteiger partial charge in [-0.2, -0.15) is 0 Å². The van der Waals surface area contributed by atoms with Crippen molar-refractivity contribution in [1.82, 2.24) is 4.72 Å². The number of ether oxygens (including phenoxy) is 1. The molecular formula is C11H14BrNO3S.